The molecule has 1 aromatic heterocycles. The number of carbonyl (C=O) groups excluding carboxylic acids is 1. The Bertz CT molecular complexity index is 1070. The number of nitrogens with zero attached hydrogens (tertiary/aromatic N) is 3. The zero-order valence-electron chi connectivity index (χ0n) is 19.0. The summed E-state index contributed by atoms with van der Waals surface area (Å²) in [4.78, 5) is 12.6. The largest absolute Gasteiger partial charge is 0.497 e. The highest BCUT2D eigenvalue weighted by Crippen LogP contribution is 2.28. The summed E-state index contributed by atoms with van der Waals surface area (Å²) < 4.78 is 13.2. The molecule has 0 spiro atoms. The first-order valence-electron chi connectivity index (χ1n) is 10.5. The number of benzene rings is 2. The van der Waals surface area contributed by atoms with Crippen molar-refractivity contribution in [1.82, 2.24) is 14.8 Å². The van der Waals surface area contributed by atoms with Crippen molar-refractivity contribution < 1.29 is 14.3 Å². The van der Waals surface area contributed by atoms with Gasteiger partial charge in [0.05, 0.1) is 12.9 Å². The van der Waals surface area contributed by atoms with Crippen molar-refractivity contribution in [1.29, 1.82) is 0 Å². The zero-order valence-corrected chi connectivity index (χ0v) is 19.8. The third-order valence-corrected chi connectivity index (χ3v) is 5.96. The quantitative estimate of drug-likeness (QED) is 0.219. The predicted octanol–water partition coefficient (Wildman–Crippen LogP) is 5.46. The van der Waals surface area contributed by atoms with E-state index in [1.165, 1.54) is 11.8 Å². The Morgan fingerprint density at radius 2 is 1.94 bits per heavy atom. The fourth-order valence-electron chi connectivity index (χ4n) is 3.22. The van der Waals surface area contributed by atoms with E-state index in [1.807, 2.05) is 17.6 Å². The van der Waals surface area contributed by atoms with Crippen LogP contribution in [0.1, 0.15) is 47.1 Å². The molecule has 1 heterocycles. The van der Waals surface area contributed by atoms with Gasteiger partial charge in [0.15, 0.2) is 16.8 Å². The van der Waals surface area contributed by atoms with Gasteiger partial charge in [-0.3, -0.25) is 9.36 Å². The number of thioether (sulfide) groups is 1. The fourth-order valence-corrected chi connectivity index (χ4v) is 4.08. The zero-order chi connectivity index (χ0) is 23.1. The number of Topliss-reactive ketones (excluding diaryl/α,β-unsaturated/α-hetero) is 1. The molecule has 0 aliphatic carbocycles. The molecule has 32 heavy (non-hydrogen) atoms. The van der Waals surface area contributed by atoms with Gasteiger partial charge in [-0.25, -0.2) is 0 Å². The average Bonchev–Trinajstić information content (AvgIpc) is 3.17. The predicted molar refractivity (Wildman–Crippen MR) is 128 cm³/mol. The van der Waals surface area contributed by atoms with E-state index in [9.17, 15) is 4.79 Å². The van der Waals surface area contributed by atoms with Gasteiger partial charge in [0.1, 0.15) is 18.1 Å². The molecular weight excluding hydrogens is 422 g/mol. The molecule has 0 bridgehead atoms. The van der Waals surface area contributed by atoms with Crippen LogP contribution in [-0.2, 0) is 13.2 Å². The van der Waals surface area contributed by atoms with Crippen molar-refractivity contribution in [2.45, 2.75) is 45.0 Å². The van der Waals surface area contributed by atoms with Crippen LogP contribution >= 0.6 is 11.8 Å². The number of rotatable bonds is 11. The van der Waals surface area contributed by atoms with E-state index in [-0.39, 0.29) is 18.1 Å². The van der Waals surface area contributed by atoms with Gasteiger partial charge in [-0.2, -0.15) is 0 Å². The van der Waals surface area contributed by atoms with Crippen LogP contribution in [0.2, 0.25) is 0 Å². The number of ketones is 1. The first-order valence-corrected chi connectivity index (χ1v) is 11.5. The number of ether oxygens (including phenoxy) is 2. The molecule has 0 atom stereocenters. The summed E-state index contributed by atoms with van der Waals surface area (Å²) in [6, 6.07) is 13.3. The van der Waals surface area contributed by atoms with Crippen LogP contribution in [0.25, 0.3) is 0 Å². The Kier molecular flexibility index (Phi) is 8.11. The highest BCUT2D eigenvalue weighted by Gasteiger charge is 2.16. The van der Waals surface area contributed by atoms with Crippen LogP contribution < -0.4 is 9.47 Å². The van der Waals surface area contributed by atoms with Crippen LogP contribution in [0.4, 0.5) is 0 Å². The maximum atomic E-state index is 12.6. The highest BCUT2D eigenvalue weighted by molar-refractivity contribution is 7.99. The molecule has 2 aromatic carbocycles. The Balaban J connectivity index is 1.70. The first kappa shape index (κ1) is 23.6. The molecule has 0 radical (unpaired) electrons. The molecule has 0 unspecified atom stereocenters. The molecule has 6 nitrogen and oxygen atoms in total. The molecule has 0 amide bonds. The summed E-state index contributed by atoms with van der Waals surface area (Å²) in [6.07, 6.45) is 1.79. The van der Waals surface area contributed by atoms with Gasteiger partial charge < -0.3 is 9.47 Å². The first-order chi connectivity index (χ1) is 15.4. The Labute approximate surface area is 193 Å². The van der Waals surface area contributed by atoms with Gasteiger partial charge in [-0.1, -0.05) is 43.8 Å². The smallest absolute Gasteiger partial charge is 0.192 e. The molecule has 0 saturated carbocycles. The average molecular weight is 452 g/mol. The van der Waals surface area contributed by atoms with Gasteiger partial charge >= 0.3 is 0 Å². The summed E-state index contributed by atoms with van der Waals surface area (Å²) in [7, 11) is 1.60. The molecule has 3 rings (SSSR count). The van der Waals surface area contributed by atoms with E-state index < -0.39 is 0 Å². The minimum absolute atomic E-state index is 0.0185. The summed E-state index contributed by atoms with van der Waals surface area (Å²) in [5, 5.41) is 9.27. The van der Waals surface area contributed by atoms with Gasteiger partial charge in [0.25, 0.3) is 0 Å². The third kappa shape index (κ3) is 5.79. The lowest BCUT2D eigenvalue weighted by Crippen LogP contribution is -2.09. The Morgan fingerprint density at radius 1 is 1.19 bits per heavy atom. The number of allylic oxidation sites excluding steroid dienone is 1. The second-order valence-corrected chi connectivity index (χ2v) is 8.67. The van der Waals surface area contributed by atoms with Crippen LogP contribution in [0.3, 0.4) is 0 Å². The lowest BCUT2D eigenvalue weighted by atomic mass is 10.0. The number of aromatic nitrogens is 3. The minimum Gasteiger partial charge on any atom is -0.497 e. The third-order valence-electron chi connectivity index (χ3n) is 5.00. The van der Waals surface area contributed by atoms with E-state index in [0.29, 0.717) is 29.0 Å². The molecule has 0 aliphatic heterocycles. The lowest BCUT2D eigenvalue weighted by molar-refractivity contribution is 0.102. The standard InChI is InChI=1S/C25H29N3O3S/c1-6-13-28-24(15-31-23-14-18(4)7-12-21(23)17(2)3)26-27-25(28)32-16-22(29)19-8-10-20(30-5)11-9-19/h6-12,14,17H,1,13,15-16H2,2-5H3. The molecule has 7 heteroatoms. The van der Waals surface area contributed by atoms with Crippen LogP contribution in [0.5, 0.6) is 11.5 Å². The molecule has 0 saturated heterocycles. The maximum Gasteiger partial charge on any atom is 0.192 e. The molecule has 3 aromatic rings. The molecular formula is C25H29N3O3S. The molecule has 0 fully saturated rings. The number of hydrogen-bond donors (Lipinski definition) is 0. The van der Waals surface area contributed by atoms with Crippen molar-refractivity contribution in [2.75, 3.05) is 12.9 Å². The van der Waals surface area contributed by atoms with Gasteiger partial charge in [-0.15, -0.1) is 16.8 Å². The lowest BCUT2D eigenvalue weighted by Gasteiger charge is -2.15. The number of methoxy groups -OCH3 is 1. The van der Waals surface area contributed by atoms with E-state index in [2.05, 4.69) is 42.8 Å². The van der Waals surface area contributed by atoms with Crippen molar-refractivity contribution in [3.63, 3.8) is 0 Å². The highest BCUT2D eigenvalue weighted by atomic mass is 32.2. The molecule has 0 aliphatic rings. The molecule has 168 valence electrons. The van der Waals surface area contributed by atoms with E-state index >= 15 is 0 Å². The monoisotopic (exact) mass is 451 g/mol. The minimum atomic E-state index is 0.0185. The van der Waals surface area contributed by atoms with Crippen LogP contribution in [-0.4, -0.2) is 33.4 Å². The SMILES string of the molecule is C=CCn1c(COc2cc(C)ccc2C(C)C)nnc1SCC(=O)c1ccc(OC)cc1. The summed E-state index contributed by atoms with van der Waals surface area (Å²) in [6.45, 7) is 11.0. The fraction of sp³-hybridized carbons (Fsp3) is 0.320. The van der Waals surface area contributed by atoms with Gasteiger partial charge in [-0.05, 0) is 54.3 Å². The van der Waals surface area contributed by atoms with E-state index in [0.717, 1.165) is 22.6 Å². The Hall–Kier alpha value is -3.06. The van der Waals surface area contributed by atoms with Crippen LogP contribution in [0, 0.1) is 6.92 Å². The van der Waals surface area contributed by atoms with Gasteiger partial charge in [0, 0.05) is 12.1 Å². The van der Waals surface area contributed by atoms with Gasteiger partial charge in [0.2, 0.25) is 0 Å². The second kappa shape index (κ2) is 11.0. The summed E-state index contributed by atoms with van der Waals surface area (Å²) >= 11 is 1.36. The number of aryl methyl sites for hydroxylation is 1. The summed E-state index contributed by atoms with van der Waals surface area (Å²) in [5.41, 5.74) is 2.94. The molecule has 0 N–H and O–H groups in total. The number of hydrogen-bond acceptors (Lipinski definition) is 6. The van der Waals surface area contributed by atoms with Crippen LogP contribution in [0.15, 0.2) is 60.3 Å². The topological polar surface area (TPSA) is 66.2 Å². The normalized spacial score (nSPS) is 10.9. The summed E-state index contributed by atoms with van der Waals surface area (Å²) in [5.74, 6) is 2.91. The van der Waals surface area contributed by atoms with Crippen molar-refractivity contribution >= 4 is 17.5 Å². The van der Waals surface area contributed by atoms with Crippen molar-refractivity contribution in [2.24, 2.45) is 0 Å². The van der Waals surface area contributed by atoms with Crippen molar-refractivity contribution in [3.05, 3.63) is 77.6 Å². The maximum absolute atomic E-state index is 12.6. The Morgan fingerprint density at radius 3 is 2.59 bits per heavy atom. The van der Waals surface area contributed by atoms with Crippen molar-refractivity contribution in [3.8, 4) is 11.5 Å². The second-order valence-electron chi connectivity index (χ2n) is 7.72. The van der Waals surface area contributed by atoms with E-state index in [1.54, 1.807) is 37.5 Å². The van der Waals surface area contributed by atoms with E-state index in [4.69, 9.17) is 9.47 Å². The number of carbonyl (C=O) groups is 1.